The van der Waals surface area contributed by atoms with Gasteiger partial charge in [0.1, 0.15) is 0 Å². The lowest BCUT2D eigenvalue weighted by molar-refractivity contribution is 0.393. The minimum Gasteiger partial charge on any atom is -0.504 e. The number of hydrogen-bond donors (Lipinski definition) is 3. The molecule has 1 atom stereocenters. The van der Waals surface area contributed by atoms with E-state index in [2.05, 4.69) is 0 Å². The maximum Gasteiger partial charge on any atom is 0.162 e. The topological polar surface area (TPSA) is 66.5 Å². The van der Waals surface area contributed by atoms with Crippen molar-refractivity contribution >= 4 is 0 Å². The van der Waals surface area contributed by atoms with Gasteiger partial charge in [0.05, 0.1) is 0 Å². The van der Waals surface area contributed by atoms with Crippen molar-refractivity contribution < 1.29 is 10.2 Å². The maximum atomic E-state index is 9.57. The van der Waals surface area contributed by atoms with Crippen molar-refractivity contribution in [2.45, 2.75) is 25.3 Å². The minimum atomic E-state index is -0.158. The molecule has 0 saturated heterocycles. The van der Waals surface area contributed by atoms with Crippen molar-refractivity contribution in [2.75, 3.05) is 0 Å². The third kappa shape index (κ3) is 1.82. The largest absolute Gasteiger partial charge is 0.504 e. The summed E-state index contributed by atoms with van der Waals surface area (Å²) in [4.78, 5) is 0. The zero-order chi connectivity index (χ0) is 10.1. The Balaban J connectivity index is 2.16. The molecule has 3 nitrogen and oxygen atoms in total. The summed E-state index contributed by atoms with van der Waals surface area (Å²) < 4.78 is 0. The molecule has 1 aromatic rings. The Bertz CT molecular complexity index is 334. The lowest BCUT2D eigenvalue weighted by Gasteiger charge is -2.13. The van der Waals surface area contributed by atoms with Crippen LogP contribution in [0.2, 0.25) is 0 Å². The molecule has 14 heavy (non-hydrogen) atoms. The van der Waals surface area contributed by atoms with Crippen LogP contribution in [0.1, 0.15) is 30.9 Å². The lowest BCUT2D eigenvalue weighted by atomic mass is 10.0. The molecule has 1 saturated carbocycles. The van der Waals surface area contributed by atoms with Crippen LogP contribution in [0.4, 0.5) is 0 Å². The molecule has 4 N–H and O–H groups in total. The van der Waals surface area contributed by atoms with E-state index in [-0.39, 0.29) is 17.5 Å². The SMILES string of the molecule is N[C@@H](CC1CC1)c1cccc(O)c1O. The Morgan fingerprint density at radius 3 is 2.71 bits per heavy atom. The molecule has 1 aliphatic carbocycles. The minimum absolute atomic E-state index is 0.0688. The number of nitrogens with two attached hydrogens (primary N) is 1. The van der Waals surface area contributed by atoms with Crippen LogP contribution in [0.25, 0.3) is 0 Å². The number of phenols is 2. The number of benzene rings is 1. The Kier molecular flexibility index (Phi) is 2.33. The van der Waals surface area contributed by atoms with Crippen molar-refractivity contribution in [3.63, 3.8) is 0 Å². The summed E-state index contributed by atoms with van der Waals surface area (Å²) in [6.07, 6.45) is 3.39. The van der Waals surface area contributed by atoms with Crippen LogP contribution in [0, 0.1) is 5.92 Å². The van der Waals surface area contributed by atoms with E-state index < -0.39 is 0 Å². The van der Waals surface area contributed by atoms with E-state index in [1.165, 1.54) is 18.9 Å². The molecular formula is C11H15NO2. The van der Waals surface area contributed by atoms with Crippen LogP contribution < -0.4 is 5.73 Å². The van der Waals surface area contributed by atoms with Gasteiger partial charge in [-0.05, 0) is 18.4 Å². The zero-order valence-corrected chi connectivity index (χ0v) is 7.98. The quantitative estimate of drug-likeness (QED) is 0.642. The van der Waals surface area contributed by atoms with Gasteiger partial charge < -0.3 is 15.9 Å². The molecule has 1 aromatic carbocycles. The summed E-state index contributed by atoms with van der Waals surface area (Å²) in [6, 6.07) is 4.77. The molecule has 0 heterocycles. The molecule has 76 valence electrons. The molecular weight excluding hydrogens is 178 g/mol. The standard InChI is InChI=1S/C11H15NO2/c12-9(6-7-4-5-7)8-2-1-3-10(13)11(8)14/h1-3,7,9,13-14H,4-6,12H2/t9-/m0/s1. The van der Waals surface area contributed by atoms with E-state index in [9.17, 15) is 10.2 Å². The normalized spacial score (nSPS) is 18.1. The molecule has 0 amide bonds. The van der Waals surface area contributed by atoms with Crippen LogP contribution >= 0.6 is 0 Å². The second-order valence-electron chi connectivity index (χ2n) is 4.00. The van der Waals surface area contributed by atoms with E-state index >= 15 is 0 Å². The van der Waals surface area contributed by atoms with Crippen molar-refractivity contribution in [3.8, 4) is 11.5 Å². The van der Waals surface area contributed by atoms with Gasteiger partial charge in [-0.25, -0.2) is 0 Å². The highest BCUT2D eigenvalue weighted by molar-refractivity contribution is 5.45. The molecule has 3 heteroatoms. The van der Waals surface area contributed by atoms with E-state index in [1.807, 2.05) is 0 Å². The van der Waals surface area contributed by atoms with Gasteiger partial charge in [-0.2, -0.15) is 0 Å². The predicted molar refractivity (Wildman–Crippen MR) is 54.0 cm³/mol. The van der Waals surface area contributed by atoms with Crippen LogP contribution in [0.15, 0.2) is 18.2 Å². The number of para-hydroxylation sites is 1. The molecule has 0 radical (unpaired) electrons. The van der Waals surface area contributed by atoms with Gasteiger partial charge in [0.25, 0.3) is 0 Å². The fourth-order valence-electron chi connectivity index (χ4n) is 1.69. The fourth-order valence-corrected chi connectivity index (χ4v) is 1.69. The fraction of sp³-hybridized carbons (Fsp3) is 0.455. The third-order valence-electron chi connectivity index (χ3n) is 2.73. The van der Waals surface area contributed by atoms with E-state index in [4.69, 9.17) is 5.73 Å². The molecule has 0 spiro atoms. The van der Waals surface area contributed by atoms with E-state index in [0.29, 0.717) is 11.5 Å². The number of rotatable bonds is 3. The Hall–Kier alpha value is -1.22. The summed E-state index contributed by atoms with van der Waals surface area (Å²) >= 11 is 0. The number of phenolic OH excluding ortho intramolecular Hbond substituents is 2. The van der Waals surface area contributed by atoms with E-state index in [1.54, 1.807) is 12.1 Å². The van der Waals surface area contributed by atoms with Crippen molar-refractivity contribution in [2.24, 2.45) is 11.7 Å². The molecule has 2 rings (SSSR count). The highest BCUT2D eigenvalue weighted by atomic mass is 16.3. The van der Waals surface area contributed by atoms with Gasteiger partial charge in [-0.15, -0.1) is 0 Å². The van der Waals surface area contributed by atoms with Gasteiger partial charge in [0.2, 0.25) is 0 Å². The van der Waals surface area contributed by atoms with Gasteiger partial charge in [-0.1, -0.05) is 25.0 Å². The van der Waals surface area contributed by atoms with Crippen molar-refractivity contribution in [1.82, 2.24) is 0 Å². The zero-order valence-electron chi connectivity index (χ0n) is 7.98. The average molecular weight is 193 g/mol. The summed E-state index contributed by atoms with van der Waals surface area (Å²) in [7, 11) is 0. The maximum absolute atomic E-state index is 9.57. The van der Waals surface area contributed by atoms with E-state index in [0.717, 1.165) is 6.42 Å². The molecule has 0 aromatic heterocycles. The van der Waals surface area contributed by atoms with Gasteiger partial charge in [-0.3, -0.25) is 0 Å². The molecule has 1 fully saturated rings. The summed E-state index contributed by atoms with van der Waals surface area (Å²) in [5.74, 6) is 0.557. The third-order valence-corrected chi connectivity index (χ3v) is 2.73. The summed E-state index contributed by atoms with van der Waals surface area (Å²) in [6.45, 7) is 0. The first-order valence-corrected chi connectivity index (χ1v) is 4.95. The van der Waals surface area contributed by atoms with Gasteiger partial charge >= 0.3 is 0 Å². The molecule has 0 aliphatic heterocycles. The first-order chi connectivity index (χ1) is 6.68. The smallest absolute Gasteiger partial charge is 0.162 e. The summed E-state index contributed by atoms with van der Waals surface area (Å²) in [5.41, 5.74) is 6.58. The van der Waals surface area contributed by atoms with Crippen LogP contribution in [0.3, 0.4) is 0 Å². The van der Waals surface area contributed by atoms with Crippen LogP contribution in [0.5, 0.6) is 11.5 Å². The van der Waals surface area contributed by atoms with Gasteiger partial charge in [0, 0.05) is 11.6 Å². The first-order valence-electron chi connectivity index (χ1n) is 4.95. The molecule has 0 unspecified atom stereocenters. The van der Waals surface area contributed by atoms with Crippen molar-refractivity contribution in [3.05, 3.63) is 23.8 Å². The highest BCUT2D eigenvalue weighted by Gasteiger charge is 2.25. The Labute approximate surface area is 83.2 Å². The van der Waals surface area contributed by atoms with Gasteiger partial charge in [0.15, 0.2) is 11.5 Å². The predicted octanol–water partition coefficient (Wildman–Crippen LogP) is 1.90. The first kappa shape index (κ1) is 9.34. The average Bonchev–Trinajstić information content (AvgIpc) is 2.93. The number of hydrogen-bond acceptors (Lipinski definition) is 3. The lowest BCUT2D eigenvalue weighted by Crippen LogP contribution is -2.11. The monoisotopic (exact) mass is 193 g/mol. The Morgan fingerprint density at radius 1 is 1.36 bits per heavy atom. The molecule has 0 bridgehead atoms. The summed E-state index contributed by atoms with van der Waals surface area (Å²) in [5, 5.41) is 18.9. The van der Waals surface area contributed by atoms with Crippen LogP contribution in [-0.2, 0) is 0 Å². The molecule has 1 aliphatic rings. The number of aromatic hydroxyl groups is 2. The van der Waals surface area contributed by atoms with Crippen molar-refractivity contribution in [1.29, 1.82) is 0 Å². The highest BCUT2D eigenvalue weighted by Crippen LogP contribution is 2.40. The second kappa shape index (κ2) is 3.50. The van der Waals surface area contributed by atoms with Crippen LogP contribution in [-0.4, -0.2) is 10.2 Å². The Morgan fingerprint density at radius 2 is 2.07 bits per heavy atom. The second-order valence-corrected chi connectivity index (χ2v) is 4.00.